The predicted octanol–water partition coefficient (Wildman–Crippen LogP) is 1.78. The second-order valence-corrected chi connectivity index (χ2v) is 5.91. The van der Waals surface area contributed by atoms with Gasteiger partial charge in [-0.25, -0.2) is 14.8 Å². The molecule has 0 saturated carbocycles. The molecule has 1 fully saturated rings. The van der Waals surface area contributed by atoms with Crippen LogP contribution in [0, 0.1) is 0 Å². The Bertz CT molecular complexity index is 730. The summed E-state index contributed by atoms with van der Waals surface area (Å²) in [5.74, 6) is 0.396. The van der Waals surface area contributed by atoms with Crippen LogP contribution in [0.5, 0.6) is 0 Å². The first-order valence-corrected chi connectivity index (χ1v) is 8.34. The SMILES string of the molecule is COC(=O)c1ccc(NC(=S)N2CCN(c3ncccn3)CC2)cc1. The summed E-state index contributed by atoms with van der Waals surface area (Å²) in [5.41, 5.74) is 1.35. The number of carbonyl (C=O) groups is 1. The number of benzene rings is 1. The first-order valence-electron chi connectivity index (χ1n) is 7.93. The molecule has 1 aromatic carbocycles. The molecule has 1 saturated heterocycles. The number of ether oxygens (including phenoxy) is 1. The Labute approximate surface area is 151 Å². The third-order valence-electron chi connectivity index (χ3n) is 3.96. The third kappa shape index (κ3) is 4.21. The van der Waals surface area contributed by atoms with Gasteiger partial charge in [-0.2, -0.15) is 0 Å². The molecule has 1 N–H and O–H groups in total. The van der Waals surface area contributed by atoms with Gasteiger partial charge >= 0.3 is 5.97 Å². The molecule has 0 spiro atoms. The van der Waals surface area contributed by atoms with E-state index in [1.54, 1.807) is 24.5 Å². The maximum atomic E-state index is 11.5. The molecule has 1 aliphatic heterocycles. The van der Waals surface area contributed by atoms with E-state index in [4.69, 9.17) is 17.0 Å². The fourth-order valence-corrected chi connectivity index (χ4v) is 2.87. The van der Waals surface area contributed by atoms with Crippen molar-refractivity contribution in [3.8, 4) is 0 Å². The lowest BCUT2D eigenvalue weighted by Gasteiger charge is -2.36. The van der Waals surface area contributed by atoms with E-state index in [1.165, 1.54) is 7.11 Å². The van der Waals surface area contributed by atoms with E-state index >= 15 is 0 Å². The molecule has 8 heteroatoms. The molecule has 0 unspecified atom stereocenters. The number of thiocarbonyl (C=S) groups is 1. The molecular weight excluding hydrogens is 338 g/mol. The molecule has 0 amide bonds. The molecule has 1 aliphatic rings. The normalized spacial score (nSPS) is 14.1. The van der Waals surface area contributed by atoms with Crippen LogP contribution in [-0.2, 0) is 4.74 Å². The molecule has 0 radical (unpaired) electrons. The molecule has 0 aliphatic carbocycles. The predicted molar refractivity (Wildman–Crippen MR) is 99.8 cm³/mol. The fraction of sp³-hybridized carbons (Fsp3) is 0.294. The van der Waals surface area contributed by atoms with Gasteiger partial charge in [0.15, 0.2) is 5.11 Å². The van der Waals surface area contributed by atoms with Crippen molar-refractivity contribution in [2.75, 3.05) is 43.5 Å². The summed E-state index contributed by atoms with van der Waals surface area (Å²) in [6, 6.07) is 8.85. The van der Waals surface area contributed by atoms with Crippen molar-refractivity contribution in [1.82, 2.24) is 14.9 Å². The molecule has 2 aromatic rings. The number of nitrogens with zero attached hydrogens (tertiary/aromatic N) is 4. The first kappa shape index (κ1) is 17.1. The molecule has 0 atom stereocenters. The van der Waals surface area contributed by atoms with E-state index in [0.717, 1.165) is 37.8 Å². The minimum atomic E-state index is -0.353. The van der Waals surface area contributed by atoms with Gasteiger partial charge in [-0.1, -0.05) is 0 Å². The summed E-state index contributed by atoms with van der Waals surface area (Å²) in [6.07, 6.45) is 3.50. The molecule has 0 bridgehead atoms. The lowest BCUT2D eigenvalue weighted by molar-refractivity contribution is 0.0601. The van der Waals surface area contributed by atoms with Gasteiger partial charge in [-0.3, -0.25) is 0 Å². The van der Waals surface area contributed by atoms with Crippen LogP contribution in [0.15, 0.2) is 42.7 Å². The fourth-order valence-electron chi connectivity index (χ4n) is 2.57. The van der Waals surface area contributed by atoms with E-state index < -0.39 is 0 Å². The highest BCUT2D eigenvalue weighted by atomic mass is 32.1. The van der Waals surface area contributed by atoms with E-state index in [9.17, 15) is 4.79 Å². The van der Waals surface area contributed by atoms with Crippen molar-refractivity contribution < 1.29 is 9.53 Å². The second kappa shape index (κ2) is 7.89. The highest BCUT2D eigenvalue weighted by Crippen LogP contribution is 2.14. The van der Waals surface area contributed by atoms with Crippen molar-refractivity contribution in [2.45, 2.75) is 0 Å². The molecule has 7 nitrogen and oxygen atoms in total. The Morgan fingerprint density at radius 1 is 1.12 bits per heavy atom. The van der Waals surface area contributed by atoms with Crippen molar-refractivity contribution in [2.24, 2.45) is 0 Å². The summed E-state index contributed by atoms with van der Waals surface area (Å²) >= 11 is 5.49. The molecular formula is C17H19N5O2S. The van der Waals surface area contributed by atoms with Crippen LogP contribution in [0.2, 0.25) is 0 Å². The molecule has 3 rings (SSSR count). The quantitative estimate of drug-likeness (QED) is 0.658. The lowest BCUT2D eigenvalue weighted by atomic mass is 10.2. The number of carbonyl (C=O) groups excluding carboxylic acids is 1. The number of hydrogen-bond acceptors (Lipinski definition) is 6. The summed E-state index contributed by atoms with van der Waals surface area (Å²) in [7, 11) is 1.36. The number of anilines is 2. The number of piperazine rings is 1. The maximum Gasteiger partial charge on any atom is 0.337 e. The summed E-state index contributed by atoms with van der Waals surface area (Å²) in [5, 5.41) is 3.87. The highest BCUT2D eigenvalue weighted by Gasteiger charge is 2.20. The van der Waals surface area contributed by atoms with Crippen LogP contribution in [0.3, 0.4) is 0 Å². The van der Waals surface area contributed by atoms with Gasteiger partial charge in [0.1, 0.15) is 0 Å². The number of hydrogen-bond donors (Lipinski definition) is 1. The zero-order valence-electron chi connectivity index (χ0n) is 13.9. The van der Waals surface area contributed by atoms with Gasteiger partial charge in [0.2, 0.25) is 5.95 Å². The van der Waals surface area contributed by atoms with Gasteiger partial charge < -0.3 is 19.9 Å². The van der Waals surface area contributed by atoms with Crippen molar-refractivity contribution in [3.05, 3.63) is 48.3 Å². The maximum absolute atomic E-state index is 11.5. The van der Waals surface area contributed by atoms with Crippen LogP contribution >= 0.6 is 12.2 Å². The zero-order chi connectivity index (χ0) is 17.6. The van der Waals surface area contributed by atoms with E-state index in [-0.39, 0.29) is 5.97 Å². The zero-order valence-corrected chi connectivity index (χ0v) is 14.7. The molecule has 25 heavy (non-hydrogen) atoms. The van der Waals surface area contributed by atoms with Crippen LogP contribution in [-0.4, -0.2) is 59.2 Å². The average Bonchev–Trinajstić information content (AvgIpc) is 2.68. The van der Waals surface area contributed by atoms with Crippen molar-refractivity contribution >= 4 is 34.9 Å². The Morgan fingerprint density at radius 2 is 1.76 bits per heavy atom. The smallest absolute Gasteiger partial charge is 0.337 e. The number of rotatable bonds is 3. The van der Waals surface area contributed by atoms with E-state index in [1.807, 2.05) is 18.2 Å². The summed E-state index contributed by atoms with van der Waals surface area (Å²) < 4.78 is 4.69. The molecule has 130 valence electrons. The van der Waals surface area contributed by atoms with Crippen molar-refractivity contribution in [1.29, 1.82) is 0 Å². The Hall–Kier alpha value is -2.74. The van der Waals surface area contributed by atoms with Crippen LogP contribution < -0.4 is 10.2 Å². The second-order valence-electron chi connectivity index (χ2n) is 5.52. The Kier molecular flexibility index (Phi) is 5.39. The molecule has 2 heterocycles. The van der Waals surface area contributed by atoms with Gasteiger partial charge in [0.05, 0.1) is 12.7 Å². The van der Waals surface area contributed by atoms with Crippen LogP contribution in [0.25, 0.3) is 0 Å². The molecule has 1 aromatic heterocycles. The average molecular weight is 357 g/mol. The Morgan fingerprint density at radius 3 is 2.36 bits per heavy atom. The minimum absolute atomic E-state index is 0.353. The van der Waals surface area contributed by atoms with E-state index in [0.29, 0.717) is 10.7 Å². The lowest BCUT2D eigenvalue weighted by Crippen LogP contribution is -2.50. The number of esters is 1. The topological polar surface area (TPSA) is 70.6 Å². The third-order valence-corrected chi connectivity index (χ3v) is 4.32. The number of nitrogens with one attached hydrogen (secondary N) is 1. The van der Waals surface area contributed by atoms with Crippen LogP contribution in [0.1, 0.15) is 10.4 Å². The van der Waals surface area contributed by atoms with Gasteiger partial charge in [0, 0.05) is 44.3 Å². The van der Waals surface area contributed by atoms with Gasteiger partial charge in [-0.15, -0.1) is 0 Å². The van der Waals surface area contributed by atoms with E-state index in [2.05, 4.69) is 25.1 Å². The largest absolute Gasteiger partial charge is 0.465 e. The minimum Gasteiger partial charge on any atom is -0.465 e. The standard InChI is InChI=1S/C17H19N5O2S/c1-24-15(23)13-3-5-14(6-4-13)20-17(25)22-11-9-21(10-12-22)16-18-7-2-8-19-16/h2-8H,9-12H2,1H3,(H,20,25). The summed E-state index contributed by atoms with van der Waals surface area (Å²) in [6.45, 7) is 3.22. The van der Waals surface area contributed by atoms with Crippen LogP contribution in [0.4, 0.5) is 11.6 Å². The highest BCUT2D eigenvalue weighted by molar-refractivity contribution is 7.80. The van der Waals surface area contributed by atoms with Gasteiger partial charge in [0.25, 0.3) is 0 Å². The number of aromatic nitrogens is 2. The summed E-state index contributed by atoms with van der Waals surface area (Å²) in [4.78, 5) is 24.3. The first-order chi connectivity index (χ1) is 12.2. The van der Waals surface area contributed by atoms with Gasteiger partial charge in [-0.05, 0) is 42.5 Å². The Balaban J connectivity index is 1.53. The van der Waals surface area contributed by atoms with Crippen molar-refractivity contribution in [3.63, 3.8) is 0 Å². The monoisotopic (exact) mass is 357 g/mol. The number of methoxy groups -OCH3 is 1.